The molecule has 0 aliphatic rings. The number of hydrogen-bond donors (Lipinski definition) is 0. The first-order chi connectivity index (χ1) is 10.3. The first kappa shape index (κ1) is 13.7. The van der Waals surface area contributed by atoms with Crippen LogP contribution in [-0.2, 0) is 6.42 Å². The molecule has 1 aromatic carbocycles. The summed E-state index contributed by atoms with van der Waals surface area (Å²) < 4.78 is 1.70. The fourth-order valence-corrected chi connectivity index (χ4v) is 2.27. The van der Waals surface area contributed by atoms with E-state index in [9.17, 15) is 0 Å². The quantitative estimate of drug-likeness (QED) is 0.741. The zero-order chi connectivity index (χ0) is 14.7. The van der Waals surface area contributed by atoms with Crippen molar-refractivity contribution < 1.29 is 0 Å². The second-order valence-electron chi connectivity index (χ2n) is 4.65. The Bertz CT molecular complexity index is 740. The van der Waals surface area contributed by atoms with E-state index in [1.807, 2.05) is 12.1 Å². The Morgan fingerprint density at radius 2 is 2.10 bits per heavy atom. The van der Waals surface area contributed by atoms with E-state index < -0.39 is 0 Å². The Hall–Kier alpha value is -2.27. The molecule has 21 heavy (non-hydrogen) atoms. The molecule has 0 spiro atoms. The summed E-state index contributed by atoms with van der Waals surface area (Å²) in [5.74, 6) is 1.03. The molecule has 5 nitrogen and oxygen atoms in total. The third kappa shape index (κ3) is 3.08. The zero-order valence-corrected chi connectivity index (χ0v) is 12.3. The molecule has 0 radical (unpaired) electrons. The Kier molecular flexibility index (Phi) is 3.92. The lowest BCUT2D eigenvalue weighted by molar-refractivity contribution is 0.897. The number of aromatic nitrogens is 5. The van der Waals surface area contributed by atoms with Crippen LogP contribution in [0.25, 0.3) is 17.3 Å². The molecule has 3 aromatic rings. The second kappa shape index (κ2) is 6.01. The number of aryl methyl sites for hydroxylation is 1. The lowest BCUT2D eigenvalue weighted by Crippen LogP contribution is -2.03. The van der Waals surface area contributed by atoms with Crippen LogP contribution in [0.5, 0.6) is 0 Å². The molecule has 0 fully saturated rings. The SMILES string of the molecule is CCCc1cccc(-c2nc(Cl)nc(-n3ccnc3)n2)c1. The van der Waals surface area contributed by atoms with Crippen molar-refractivity contribution in [2.75, 3.05) is 0 Å². The van der Waals surface area contributed by atoms with E-state index in [4.69, 9.17) is 11.6 Å². The van der Waals surface area contributed by atoms with Crippen LogP contribution in [0.3, 0.4) is 0 Å². The summed E-state index contributed by atoms with van der Waals surface area (Å²) in [6.45, 7) is 2.16. The molecule has 106 valence electrons. The van der Waals surface area contributed by atoms with Crippen LogP contribution in [0.2, 0.25) is 5.28 Å². The van der Waals surface area contributed by atoms with Crippen LogP contribution in [0, 0.1) is 0 Å². The highest BCUT2D eigenvalue weighted by Crippen LogP contribution is 2.19. The van der Waals surface area contributed by atoms with Gasteiger partial charge in [-0.1, -0.05) is 31.5 Å². The van der Waals surface area contributed by atoms with Gasteiger partial charge in [-0.2, -0.15) is 15.0 Å². The monoisotopic (exact) mass is 299 g/mol. The number of hydrogen-bond acceptors (Lipinski definition) is 4. The standard InChI is InChI=1S/C15H14ClN5/c1-2-4-11-5-3-6-12(9-11)13-18-14(16)20-15(19-13)21-8-7-17-10-21/h3,5-10H,2,4H2,1H3. The molecule has 2 aromatic heterocycles. The summed E-state index contributed by atoms with van der Waals surface area (Å²) >= 11 is 6.02. The van der Waals surface area contributed by atoms with Crippen molar-refractivity contribution >= 4 is 11.6 Å². The van der Waals surface area contributed by atoms with Gasteiger partial charge in [0.25, 0.3) is 0 Å². The number of nitrogens with zero attached hydrogens (tertiary/aromatic N) is 5. The van der Waals surface area contributed by atoms with Gasteiger partial charge in [0, 0.05) is 18.0 Å². The minimum atomic E-state index is 0.171. The lowest BCUT2D eigenvalue weighted by atomic mass is 10.1. The van der Waals surface area contributed by atoms with Gasteiger partial charge < -0.3 is 0 Å². The molecule has 0 unspecified atom stereocenters. The van der Waals surface area contributed by atoms with E-state index >= 15 is 0 Å². The summed E-state index contributed by atoms with van der Waals surface area (Å²) in [5.41, 5.74) is 2.20. The summed E-state index contributed by atoms with van der Waals surface area (Å²) in [7, 11) is 0. The molecule has 0 N–H and O–H groups in total. The minimum Gasteiger partial charge on any atom is -0.274 e. The summed E-state index contributed by atoms with van der Waals surface area (Å²) in [6, 6.07) is 8.18. The van der Waals surface area contributed by atoms with Crippen LogP contribution >= 0.6 is 11.6 Å². The molecule has 0 aliphatic heterocycles. The number of halogens is 1. The first-order valence-electron chi connectivity index (χ1n) is 6.75. The first-order valence-corrected chi connectivity index (χ1v) is 7.13. The van der Waals surface area contributed by atoms with Crippen LogP contribution in [0.1, 0.15) is 18.9 Å². The molecule has 0 bridgehead atoms. The highest BCUT2D eigenvalue weighted by Gasteiger charge is 2.09. The van der Waals surface area contributed by atoms with Gasteiger partial charge in [0.2, 0.25) is 11.2 Å². The van der Waals surface area contributed by atoms with Gasteiger partial charge in [-0.05, 0) is 29.7 Å². The number of rotatable bonds is 4. The molecular weight excluding hydrogens is 286 g/mol. The van der Waals surface area contributed by atoms with Gasteiger partial charge in [-0.15, -0.1) is 0 Å². The maximum absolute atomic E-state index is 6.02. The molecule has 0 saturated heterocycles. The van der Waals surface area contributed by atoms with E-state index in [1.165, 1.54) is 5.56 Å². The van der Waals surface area contributed by atoms with Crippen LogP contribution in [0.4, 0.5) is 0 Å². The zero-order valence-electron chi connectivity index (χ0n) is 11.6. The van der Waals surface area contributed by atoms with E-state index in [0.29, 0.717) is 11.8 Å². The largest absolute Gasteiger partial charge is 0.274 e. The highest BCUT2D eigenvalue weighted by atomic mass is 35.5. The van der Waals surface area contributed by atoms with Crippen LogP contribution in [0.15, 0.2) is 43.0 Å². The van der Waals surface area contributed by atoms with Gasteiger partial charge in [0.15, 0.2) is 5.82 Å². The van der Waals surface area contributed by atoms with Crippen molar-refractivity contribution in [2.45, 2.75) is 19.8 Å². The topological polar surface area (TPSA) is 56.5 Å². The predicted octanol–water partition coefficient (Wildman–Crippen LogP) is 3.33. The Balaban J connectivity index is 2.04. The maximum Gasteiger partial charge on any atom is 0.239 e. The van der Waals surface area contributed by atoms with E-state index in [0.717, 1.165) is 18.4 Å². The number of imidazole rings is 1. The predicted molar refractivity (Wildman–Crippen MR) is 81.4 cm³/mol. The van der Waals surface area contributed by atoms with Gasteiger partial charge in [-0.25, -0.2) is 4.98 Å². The second-order valence-corrected chi connectivity index (χ2v) is 4.99. The summed E-state index contributed by atoms with van der Waals surface area (Å²) in [5, 5.41) is 0.171. The number of benzene rings is 1. The summed E-state index contributed by atoms with van der Waals surface area (Å²) in [6.07, 6.45) is 7.19. The maximum atomic E-state index is 6.02. The summed E-state index contributed by atoms with van der Waals surface area (Å²) in [4.78, 5) is 16.8. The molecule has 0 aliphatic carbocycles. The average Bonchev–Trinajstić information content (AvgIpc) is 3.01. The Morgan fingerprint density at radius 3 is 2.86 bits per heavy atom. The molecule has 2 heterocycles. The van der Waals surface area contributed by atoms with Crippen molar-refractivity contribution in [2.24, 2.45) is 0 Å². The lowest BCUT2D eigenvalue weighted by Gasteiger charge is -2.06. The van der Waals surface area contributed by atoms with Gasteiger partial charge in [0.1, 0.15) is 6.33 Å². The normalized spacial score (nSPS) is 10.8. The van der Waals surface area contributed by atoms with Crippen molar-refractivity contribution in [1.29, 1.82) is 0 Å². The minimum absolute atomic E-state index is 0.171. The van der Waals surface area contributed by atoms with E-state index in [2.05, 4.69) is 39.0 Å². The van der Waals surface area contributed by atoms with E-state index in [1.54, 1.807) is 23.3 Å². The molecule has 0 atom stereocenters. The van der Waals surface area contributed by atoms with E-state index in [-0.39, 0.29) is 5.28 Å². The average molecular weight is 300 g/mol. The Labute approximate surface area is 127 Å². The fourth-order valence-electron chi connectivity index (χ4n) is 2.12. The Morgan fingerprint density at radius 1 is 1.19 bits per heavy atom. The van der Waals surface area contributed by atoms with Crippen LogP contribution < -0.4 is 0 Å². The molecule has 6 heteroatoms. The molecule has 0 saturated carbocycles. The molecule has 3 rings (SSSR count). The van der Waals surface area contributed by atoms with Crippen molar-refractivity contribution in [3.05, 3.63) is 53.8 Å². The fraction of sp³-hybridized carbons (Fsp3) is 0.200. The smallest absolute Gasteiger partial charge is 0.239 e. The van der Waals surface area contributed by atoms with Crippen molar-refractivity contribution in [1.82, 2.24) is 24.5 Å². The highest BCUT2D eigenvalue weighted by molar-refractivity contribution is 6.28. The van der Waals surface area contributed by atoms with Gasteiger partial charge in [-0.3, -0.25) is 4.57 Å². The molecule has 0 amide bonds. The van der Waals surface area contributed by atoms with Gasteiger partial charge in [0.05, 0.1) is 0 Å². The van der Waals surface area contributed by atoms with Crippen LogP contribution in [-0.4, -0.2) is 24.5 Å². The van der Waals surface area contributed by atoms with Crippen molar-refractivity contribution in [3.8, 4) is 17.3 Å². The third-order valence-corrected chi connectivity index (χ3v) is 3.22. The van der Waals surface area contributed by atoms with Gasteiger partial charge >= 0.3 is 0 Å². The molecular formula is C15H14ClN5. The third-order valence-electron chi connectivity index (χ3n) is 3.06. The van der Waals surface area contributed by atoms with Crippen molar-refractivity contribution in [3.63, 3.8) is 0 Å².